The fraction of sp³-hybridized carbons (Fsp3) is 1.00. The van der Waals surface area contributed by atoms with Crippen LogP contribution in [-0.2, 0) is 0 Å². The second-order valence-electron chi connectivity index (χ2n) is 7.41. The lowest BCUT2D eigenvalue weighted by molar-refractivity contribution is 0.0955. The largest absolute Gasteiger partial charge is 0.392 e. The van der Waals surface area contributed by atoms with Gasteiger partial charge in [0.2, 0.25) is 0 Å². The number of aliphatic hydroxyl groups excluding tert-OH is 4. The second kappa shape index (κ2) is 15.7. The molecule has 0 aromatic carbocycles. The highest BCUT2D eigenvalue weighted by molar-refractivity contribution is 4.70. The standard InChI is InChI=1S/C18H42N4O4/c1-15(23)11-19-5-7-21(13-17(3)25)9-10-22(14-18(4)26)8-6-20-12-16(2)24/h15-20,23-26H,5-14H2,1-4H3. The number of aliphatic hydroxyl groups is 4. The average molecular weight is 379 g/mol. The van der Waals surface area contributed by atoms with Crippen LogP contribution in [0.1, 0.15) is 27.7 Å². The van der Waals surface area contributed by atoms with E-state index in [0.717, 1.165) is 39.3 Å². The van der Waals surface area contributed by atoms with Gasteiger partial charge in [-0.25, -0.2) is 0 Å². The highest BCUT2D eigenvalue weighted by Crippen LogP contribution is 1.97. The van der Waals surface area contributed by atoms with Crippen molar-refractivity contribution in [2.45, 2.75) is 52.1 Å². The van der Waals surface area contributed by atoms with Crippen LogP contribution in [0, 0.1) is 0 Å². The van der Waals surface area contributed by atoms with Crippen LogP contribution in [0.3, 0.4) is 0 Å². The number of rotatable bonds is 17. The Morgan fingerprint density at radius 3 is 1.19 bits per heavy atom. The van der Waals surface area contributed by atoms with Crippen molar-refractivity contribution in [3.63, 3.8) is 0 Å². The summed E-state index contributed by atoms with van der Waals surface area (Å²) in [6.07, 6.45) is -1.53. The fourth-order valence-corrected chi connectivity index (χ4v) is 2.72. The van der Waals surface area contributed by atoms with Gasteiger partial charge in [-0.1, -0.05) is 0 Å². The number of hydrogen-bond acceptors (Lipinski definition) is 8. The van der Waals surface area contributed by atoms with Gasteiger partial charge in [0.1, 0.15) is 0 Å². The molecule has 158 valence electrons. The van der Waals surface area contributed by atoms with Crippen molar-refractivity contribution in [3.8, 4) is 0 Å². The van der Waals surface area contributed by atoms with Crippen LogP contribution in [0.15, 0.2) is 0 Å². The Morgan fingerprint density at radius 2 is 0.923 bits per heavy atom. The van der Waals surface area contributed by atoms with Crippen LogP contribution in [0.2, 0.25) is 0 Å². The zero-order valence-corrected chi connectivity index (χ0v) is 17.1. The molecule has 0 aromatic rings. The Kier molecular flexibility index (Phi) is 15.5. The Morgan fingerprint density at radius 1 is 0.577 bits per heavy atom. The van der Waals surface area contributed by atoms with E-state index in [-0.39, 0.29) is 12.2 Å². The highest BCUT2D eigenvalue weighted by Gasteiger charge is 2.13. The quantitative estimate of drug-likeness (QED) is 0.166. The van der Waals surface area contributed by atoms with Gasteiger partial charge in [0.25, 0.3) is 0 Å². The molecule has 0 heterocycles. The first-order valence-corrected chi connectivity index (χ1v) is 9.79. The van der Waals surface area contributed by atoms with Gasteiger partial charge >= 0.3 is 0 Å². The molecule has 0 spiro atoms. The summed E-state index contributed by atoms with van der Waals surface area (Å²) in [7, 11) is 0. The second-order valence-corrected chi connectivity index (χ2v) is 7.41. The van der Waals surface area contributed by atoms with Gasteiger partial charge in [-0.05, 0) is 27.7 Å². The van der Waals surface area contributed by atoms with E-state index in [1.807, 2.05) is 0 Å². The van der Waals surface area contributed by atoms with Crippen molar-refractivity contribution < 1.29 is 20.4 Å². The number of nitrogens with one attached hydrogen (secondary N) is 2. The maximum absolute atomic E-state index is 9.71. The summed E-state index contributed by atoms with van der Waals surface area (Å²) in [4.78, 5) is 4.38. The molecule has 4 atom stereocenters. The summed E-state index contributed by atoms with van der Waals surface area (Å²) < 4.78 is 0. The molecule has 0 amide bonds. The van der Waals surface area contributed by atoms with Gasteiger partial charge in [-0.15, -0.1) is 0 Å². The third kappa shape index (κ3) is 17.1. The molecule has 4 unspecified atom stereocenters. The summed E-state index contributed by atoms with van der Waals surface area (Å²) in [5, 5.41) is 44.4. The lowest BCUT2D eigenvalue weighted by Gasteiger charge is -2.29. The number of nitrogens with zero attached hydrogens (tertiary/aromatic N) is 2. The van der Waals surface area contributed by atoms with Crippen molar-refractivity contribution in [2.24, 2.45) is 0 Å². The van der Waals surface area contributed by atoms with Crippen LogP contribution in [-0.4, -0.2) is 120 Å². The Labute approximate surface area is 159 Å². The predicted molar refractivity (Wildman–Crippen MR) is 105 cm³/mol. The SMILES string of the molecule is CC(O)CNCCN(CCN(CCNCC(C)O)CC(C)O)CC(C)O. The van der Waals surface area contributed by atoms with Crippen LogP contribution < -0.4 is 10.6 Å². The molecule has 0 saturated carbocycles. The zero-order valence-electron chi connectivity index (χ0n) is 17.1. The first-order valence-electron chi connectivity index (χ1n) is 9.79. The summed E-state index contributed by atoms with van der Waals surface area (Å²) >= 11 is 0. The minimum atomic E-state index is -0.398. The normalized spacial score (nSPS) is 16.8. The van der Waals surface area contributed by atoms with E-state index >= 15 is 0 Å². The van der Waals surface area contributed by atoms with Crippen LogP contribution in [0.4, 0.5) is 0 Å². The summed E-state index contributed by atoms with van der Waals surface area (Å²) in [6.45, 7) is 14.1. The third-order valence-corrected chi connectivity index (χ3v) is 3.87. The molecule has 0 fully saturated rings. The minimum Gasteiger partial charge on any atom is -0.392 e. The maximum Gasteiger partial charge on any atom is 0.0639 e. The minimum absolute atomic E-state index is 0.365. The molecule has 26 heavy (non-hydrogen) atoms. The lowest BCUT2D eigenvalue weighted by atomic mass is 10.3. The number of hydrogen-bond donors (Lipinski definition) is 6. The molecule has 8 heteroatoms. The topological polar surface area (TPSA) is 111 Å². The van der Waals surface area contributed by atoms with E-state index in [0.29, 0.717) is 26.2 Å². The molecule has 8 nitrogen and oxygen atoms in total. The van der Waals surface area contributed by atoms with E-state index in [9.17, 15) is 20.4 Å². The summed E-state index contributed by atoms with van der Waals surface area (Å²) in [5.41, 5.74) is 0. The molecule has 0 bridgehead atoms. The Hall–Kier alpha value is -0.320. The molecule has 0 aliphatic rings. The third-order valence-electron chi connectivity index (χ3n) is 3.87. The summed E-state index contributed by atoms with van der Waals surface area (Å²) in [5.74, 6) is 0. The van der Waals surface area contributed by atoms with Gasteiger partial charge in [0.05, 0.1) is 24.4 Å². The molecule has 0 aliphatic heterocycles. The zero-order chi connectivity index (χ0) is 19.9. The highest BCUT2D eigenvalue weighted by atomic mass is 16.3. The first kappa shape index (κ1) is 25.7. The molecule has 0 rings (SSSR count). The molecule has 0 radical (unpaired) electrons. The predicted octanol–water partition coefficient (Wildman–Crippen LogP) is -1.71. The van der Waals surface area contributed by atoms with E-state index in [4.69, 9.17) is 0 Å². The van der Waals surface area contributed by atoms with Crippen molar-refractivity contribution >= 4 is 0 Å². The van der Waals surface area contributed by atoms with Gasteiger partial charge in [-0.2, -0.15) is 0 Å². The van der Waals surface area contributed by atoms with Crippen molar-refractivity contribution in [1.29, 1.82) is 0 Å². The van der Waals surface area contributed by atoms with Gasteiger partial charge in [0, 0.05) is 65.4 Å². The first-order chi connectivity index (χ1) is 12.2. The van der Waals surface area contributed by atoms with Gasteiger partial charge in [-0.3, -0.25) is 9.80 Å². The van der Waals surface area contributed by atoms with E-state index in [1.165, 1.54) is 0 Å². The van der Waals surface area contributed by atoms with Crippen molar-refractivity contribution in [3.05, 3.63) is 0 Å². The molecule has 0 aromatic heterocycles. The van der Waals surface area contributed by atoms with Crippen LogP contribution in [0.25, 0.3) is 0 Å². The monoisotopic (exact) mass is 378 g/mol. The maximum atomic E-state index is 9.71. The molecular formula is C18H42N4O4. The van der Waals surface area contributed by atoms with Gasteiger partial charge < -0.3 is 31.1 Å². The fourth-order valence-electron chi connectivity index (χ4n) is 2.72. The molecule has 0 saturated heterocycles. The van der Waals surface area contributed by atoms with Crippen molar-refractivity contribution in [2.75, 3.05) is 65.4 Å². The lowest BCUT2D eigenvalue weighted by Crippen LogP contribution is -2.45. The van der Waals surface area contributed by atoms with Crippen LogP contribution in [0.5, 0.6) is 0 Å². The summed E-state index contributed by atoms with van der Waals surface area (Å²) in [6, 6.07) is 0. The molecule has 0 aliphatic carbocycles. The van der Waals surface area contributed by atoms with Gasteiger partial charge in [0.15, 0.2) is 0 Å². The Balaban J connectivity index is 4.32. The van der Waals surface area contributed by atoms with E-state index in [1.54, 1.807) is 27.7 Å². The van der Waals surface area contributed by atoms with Crippen molar-refractivity contribution in [1.82, 2.24) is 20.4 Å². The molecule has 6 N–H and O–H groups in total. The Bertz CT molecular complexity index is 288. The van der Waals surface area contributed by atoms with Crippen LogP contribution >= 0.6 is 0 Å². The van der Waals surface area contributed by atoms with E-state index in [2.05, 4.69) is 20.4 Å². The average Bonchev–Trinajstić information content (AvgIpc) is 2.51. The molecular weight excluding hydrogens is 336 g/mol. The van der Waals surface area contributed by atoms with E-state index < -0.39 is 12.2 Å². The smallest absolute Gasteiger partial charge is 0.0639 e.